The highest BCUT2D eigenvalue weighted by Crippen LogP contribution is 2.29. The molecule has 0 radical (unpaired) electrons. The number of hydrogen-bond acceptors (Lipinski definition) is 6. The Balaban J connectivity index is 2.41. The summed E-state index contributed by atoms with van der Waals surface area (Å²) in [7, 11) is 0. The Bertz CT molecular complexity index is 457. The molecule has 1 saturated heterocycles. The van der Waals surface area contributed by atoms with Crippen molar-refractivity contribution in [3.63, 3.8) is 0 Å². The van der Waals surface area contributed by atoms with Gasteiger partial charge in [-0.2, -0.15) is 0 Å². The van der Waals surface area contributed by atoms with Crippen molar-refractivity contribution < 1.29 is 14.8 Å². The molecule has 1 unspecified atom stereocenters. The monoisotopic (exact) mass is 273 g/mol. The number of halogens is 1. The molecule has 0 spiro atoms. The maximum Gasteiger partial charge on any atom is 0.311 e. The van der Waals surface area contributed by atoms with E-state index < -0.39 is 4.92 Å². The smallest absolute Gasteiger partial charge is 0.311 e. The summed E-state index contributed by atoms with van der Waals surface area (Å²) < 4.78 is 5.22. The first-order valence-corrected chi connectivity index (χ1v) is 5.77. The lowest BCUT2D eigenvalue weighted by molar-refractivity contribution is -0.384. The topological polar surface area (TPSA) is 88.7 Å². The lowest BCUT2D eigenvalue weighted by atomic mass is 10.2. The van der Waals surface area contributed by atoms with E-state index in [9.17, 15) is 15.2 Å². The molecule has 8 heteroatoms. The van der Waals surface area contributed by atoms with Crippen LogP contribution in [0.4, 0.5) is 11.5 Å². The van der Waals surface area contributed by atoms with Gasteiger partial charge in [0.1, 0.15) is 5.15 Å². The fourth-order valence-corrected chi connectivity index (χ4v) is 2.00. The van der Waals surface area contributed by atoms with E-state index in [2.05, 4.69) is 4.98 Å². The van der Waals surface area contributed by atoms with Gasteiger partial charge in [0.05, 0.1) is 30.8 Å². The molecule has 1 aliphatic rings. The zero-order valence-electron chi connectivity index (χ0n) is 9.45. The van der Waals surface area contributed by atoms with E-state index in [-0.39, 0.29) is 29.3 Å². The van der Waals surface area contributed by atoms with Gasteiger partial charge in [0, 0.05) is 12.6 Å². The lowest BCUT2D eigenvalue weighted by Crippen LogP contribution is -2.48. The first kappa shape index (κ1) is 13.0. The molecule has 0 saturated carbocycles. The molecule has 0 aromatic carbocycles. The van der Waals surface area contributed by atoms with Crippen LogP contribution in [-0.4, -0.2) is 47.4 Å². The molecule has 2 heterocycles. The molecular weight excluding hydrogens is 262 g/mol. The van der Waals surface area contributed by atoms with Crippen molar-refractivity contribution in [2.75, 3.05) is 31.3 Å². The minimum Gasteiger partial charge on any atom is -0.394 e. The van der Waals surface area contributed by atoms with Crippen molar-refractivity contribution in [1.29, 1.82) is 0 Å². The summed E-state index contributed by atoms with van der Waals surface area (Å²) in [5, 5.41) is 20.4. The van der Waals surface area contributed by atoms with Crippen LogP contribution in [0.5, 0.6) is 0 Å². The second kappa shape index (κ2) is 5.47. The second-order valence-corrected chi connectivity index (χ2v) is 4.23. The van der Waals surface area contributed by atoms with Crippen molar-refractivity contribution in [3.05, 3.63) is 27.4 Å². The summed E-state index contributed by atoms with van der Waals surface area (Å²) in [6.45, 7) is 1.01. The molecule has 1 aromatic rings. The maximum absolute atomic E-state index is 11.0. The summed E-state index contributed by atoms with van der Waals surface area (Å²) in [5.74, 6) is 0.176. The van der Waals surface area contributed by atoms with Crippen LogP contribution in [0.15, 0.2) is 12.1 Å². The SMILES string of the molecule is O=[N+]([O-])c1ccc(Cl)nc1N1CCOCC1CO. The number of ether oxygens (including phenoxy) is 1. The molecule has 7 nitrogen and oxygen atoms in total. The van der Waals surface area contributed by atoms with E-state index in [4.69, 9.17) is 16.3 Å². The maximum atomic E-state index is 11.0. The van der Waals surface area contributed by atoms with Crippen LogP contribution in [0, 0.1) is 10.1 Å². The number of rotatable bonds is 3. The number of hydrogen-bond donors (Lipinski definition) is 1. The number of pyridine rings is 1. The summed E-state index contributed by atoms with van der Waals surface area (Å²) in [5.41, 5.74) is -0.125. The van der Waals surface area contributed by atoms with Gasteiger partial charge in [-0.05, 0) is 6.07 Å². The number of aliphatic hydroxyl groups is 1. The Hall–Kier alpha value is -1.44. The largest absolute Gasteiger partial charge is 0.394 e. The van der Waals surface area contributed by atoms with Gasteiger partial charge in [-0.15, -0.1) is 0 Å². The predicted molar refractivity (Wildman–Crippen MR) is 64.9 cm³/mol. The molecule has 1 N–H and O–H groups in total. The third kappa shape index (κ3) is 2.53. The van der Waals surface area contributed by atoms with Gasteiger partial charge in [0.15, 0.2) is 0 Å². The Morgan fingerprint density at radius 1 is 1.67 bits per heavy atom. The van der Waals surface area contributed by atoms with Gasteiger partial charge in [0.25, 0.3) is 0 Å². The van der Waals surface area contributed by atoms with Crippen molar-refractivity contribution in [3.8, 4) is 0 Å². The molecule has 2 rings (SSSR count). The van der Waals surface area contributed by atoms with Crippen molar-refractivity contribution in [2.45, 2.75) is 6.04 Å². The van der Waals surface area contributed by atoms with Crippen LogP contribution in [0.25, 0.3) is 0 Å². The Kier molecular flexibility index (Phi) is 3.95. The Morgan fingerprint density at radius 2 is 2.44 bits per heavy atom. The zero-order chi connectivity index (χ0) is 13.1. The van der Waals surface area contributed by atoms with Crippen LogP contribution >= 0.6 is 11.6 Å². The highest BCUT2D eigenvalue weighted by molar-refractivity contribution is 6.29. The number of aliphatic hydroxyl groups excluding tert-OH is 1. The van der Waals surface area contributed by atoms with Crippen LogP contribution in [-0.2, 0) is 4.74 Å². The van der Waals surface area contributed by atoms with Gasteiger partial charge >= 0.3 is 5.69 Å². The molecule has 1 aliphatic heterocycles. The number of anilines is 1. The molecule has 0 bridgehead atoms. The summed E-state index contributed by atoms with van der Waals surface area (Å²) >= 11 is 5.78. The first-order valence-electron chi connectivity index (χ1n) is 5.39. The third-order valence-electron chi connectivity index (χ3n) is 2.73. The lowest BCUT2D eigenvalue weighted by Gasteiger charge is -2.34. The van der Waals surface area contributed by atoms with Crippen molar-refractivity contribution >= 4 is 23.1 Å². The third-order valence-corrected chi connectivity index (χ3v) is 2.94. The van der Waals surface area contributed by atoms with Crippen LogP contribution < -0.4 is 4.90 Å². The van der Waals surface area contributed by atoms with Crippen LogP contribution in [0.1, 0.15) is 0 Å². The highest BCUT2D eigenvalue weighted by Gasteiger charge is 2.29. The second-order valence-electron chi connectivity index (χ2n) is 3.84. The molecule has 0 amide bonds. The Morgan fingerprint density at radius 3 is 3.11 bits per heavy atom. The van der Waals surface area contributed by atoms with Gasteiger partial charge in [-0.3, -0.25) is 10.1 Å². The van der Waals surface area contributed by atoms with Gasteiger partial charge in [-0.25, -0.2) is 4.98 Å². The predicted octanol–water partition coefficient (Wildman–Crippen LogP) is 0.841. The van der Waals surface area contributed by atoms with E-state index in [1.54, 1.807) is 4.90 Å². The molecule has 1 atom stereocenters. The average Bonchev–Trinajstić information content (AvgIpc) is 2.38. The fraction of sp³-hybridized carbons (Fsp3) is 0.500. The van der Waals surface area contributed by atoms with Crippen molar-refractivity contribution in [2.24, 2.45) is 0 Å². The number of aromatic nitrogens is 1. The minimum atomic E-state index is -0.511. The molecule has 0 aliphatic carbocycles. The summed E-state index contributed by atoms with van der Waals surface area (Å²) in [6, 6.07) is 2.34. The molecule has 18 heavy (non-hydrogen) atoms. The number of nitro groups is 1. The van der Waals surface area contributed by atoms with Gasteiger partial charge in [0.2, 0.25) is 5.82 Å². The minimum absolute atomic E-state index is 0.125. The molecule has 1 aromatic heterocycles. The fourth-order valence-electron chi connectivity index (χ4n) is 1.86. The Labute approximate surface area is 108 Å². The van der Waals surface area contributed by atoms with E-state index in [1.165, 1.54) is 12.1 Å². The highest BCUT2D eigenvalue weighted by atomic mass is 35.5. The van der Waals surface area contributed by atoms with E-state index in [0.717, 1.165) is 0 Å². The van der Waals surface area contributed by atoms with E-state index in [0.29, 0.717) is 19.8 Å². The quantitative estimate of drug-likeness (QED) is 0.499. The number of morpholine rings is 1. The van der Waals surface area contributed by atoms with Gasteiger partial charge < -0.3 is 14.7 Å². The number of nitrogens with zero attached hydrogens (tertiary/aromatic N) is 3. The zero-order valence-corrected chi connectivity index (χ0v) is 10.2. The summed E-state index contributed by atoms with van der Waals surface area (Å²) in [4.78, 5) is 16.1. The standard InChI is InChI=1S/C10H12ClN3O4/c11-9-2-1-8(14(16)17)10(12-9)13-3-4-18-6-7(13)5-15/h1-2,7,15H,3-6H2. The summed E-state index contributed by atoms with van der Waals surface area (Å²) in [6.07, 6.45) is 0. The normalized spacial score (nSPS) is 19.9. The molecular formula is C10H12ClN3O4. The molecule has 98 valence electrons. The first-order chi connectivity index (χ1) is 8.63. The van der Waals surface area contributed by atoms with E-state index in [1.807, 2.05) is 0 Å². The van der Waals surface area contributed by atoms with E-state index >= 15 is 0 Å². The van der Waals surface area contributed by atoms with Crippen LogP contribution in [0.3, 0.4) is 0 Å². The van der Waals surface area contributed by atoms with Gasteiger partial charge in [-0.1, -0.05) is 11.6 Å². The average molecular weight is 274 g/mol. The molecule has 1 fully saturated rings. The van der Waals surface area contributed by atoms with Crippen molar-refractivity contribution in [1.82, 2.24) is 4.98 Å². The van der Waals surface area contributed by atoms with Crippen LogP contribution in [0.2, 0.25) is 5.15 Å².